The molecule has 1 aliphatic rings. The molecule has 90 valence electrons. The molecule has 1 aliphatic carbocycles. The molecule has 0 aliphatic heterocycles. The van der Waals surface area contributed by atoms with Gasteiger partial charge in [-0.2, -0.15) is 0 Å². The molecular weight excluding hydrogens is 182 g/mol. The van der Waals surface area contributed by atoms with Gasteiger partial charge in [-0.25, -0.2) is 0 Å². The van der Waals surface area contributed by atoms with Gasteiger partial charge in [0.05, 0.1) is 0 Å². The van der Waals surface area contributed by atoms with Crippen molar-refractivity contribution in [3.05, 3.63) is 0 Å². The van der Waals surface area contributed by atoms with Gasteiger partial charge in [-0.1, -0.05) is 40.0 Å². The second-order valence-corrected chi connectivity index (χ2v) is 5.32. The summed E-state index contributed by atoms with van der Waals surface area (Å²) in [7, 11) is 0. The van der Waals surface area contributed by atoms with Crippen LogP contribution in [0.25, 0.3) is 0 Å². The van der Waals surface area contributed by atoms with Crippen molar-refractivity contribution in [3.8, 4) is 0 Å². The van der Waals surface area contributed by atoms with Crippen LogP contribution < -0.4 is 5.32 Å². The van der Waals surface area contributed by atoms with Crippen molar-refractivity contribution in [2.45, 2.75) is 78.2 Å². The van der Waals surface area contributed by atoms with Gasteiger partial charge in [0, 0.05) is 12.6 Å². The van der Waals surface area contributed by atoms with E-state index in [1.807, 2.05) is 0 Å². The maximum Gasteiger partial charge on any atom is 0.00684 e. The molecule has 1 heteroatoms. The highest BCUT2D eigenvalue weighted by atomic mass is 15.0. The molecule has 0 aromatic carbocycles. The lowest BCUT2D eigenvalue weighted by Gasteiger charge is -2.32. The summed E-state index contributed by atoms with van der Waals surface area (Å²) in [6, 6.07) is 0.869. The Labute approximate surface area is 96.0 Å². The summed E-state index contributed by atoms with van der Waals surface area (Å²) in [5.74, 6) is 0. The van der Waals surface area contributed by atoms with Crippen LogP contribution in [0, 0.1) is 5.41 Å². The molecule has 15 heavy (non-hydrogen) atoms. The summed E-state index contributed by atoms with van der Waals surface area (Å²) in [6.45, 7) is 8.28. The van der Waals surface area contributed by atoms with Gasteiger partial charge in [-0.15, -0.1) is 0 Å². The van der Waals surface area contributed by atoms with Crippen molar-refractivity contribution in [3.63, 3.8) is 0 Å². The first kappa shape index (κ1) is 13.0. The fraction of sp³-hybridized carbons (Fsp3) is 1.00. The molecule has 0 spiro atoms. The van der Waals surface area contributed by atoms with Gasteiger partial charge < -0.3 is 5.32 Å². The zero-order valence-electron chi connectivity index (χ0n) is 10.9. The maximum absolute atomic E-state index is 3.73. The van der Waals surface area contributed by atoms with E-state index in [0.717, 1.165) is 6.04 Å². The van der Waals surface area contributed by atoms with Crippen molar-refractivity contribution in [2.75, 3.05) is 6.54 Å². The molecule has 0 unspecified atom stereocenters. The fourth-order valence-electron chi connectivity index (χ4n) is 2.34. The van der Waals surface area contributed by atoms with E-state index in [4.69, 9.17) is 0 Å². The van der Waals surface area contributed by atoms with Crippen molar-refractivity contribution in [1.29, 1.82) is 0 Å². The molecule has 1 rings (SSSR count). The van der Waals surface area contributed by atoms with E-state index in [1.165, 1.54) is 57.9 Å². The fourth-order valence-corrected chi connectivity index (χ4v) is 2.34. The van der Waals surface area contributed by atoms with Gasteiger partial charge in [-0.3, -0.25) is 0 Å². The summed E-state index contributed by atoms with van der Waals surface area (Å²) >= 11 is 0. The normalized spacial score (nSPS) is 17.0. The number of hydrogen-bond acceptors (Lipinski definition) is 1. The zero-order chi connectivity index (χ0) is 11.1. The van der Waals surface area contributed by atoms with E-state index >= 15 is 0 Å². The second kappa shape index (κ2) is 6.52. The molecule has 1 nitrogen and oxygen atoms in total. The number of hydrogen-bond donors (Lipinski definition) is 1. The standard InChI is InChI=1S/C14H29N/c1-4-7-8-11-14(5-2,6-3)12-15-13-9-10-13/h13,15H,4-12H2,1-3H3. The molecule has 0 amide bonds. The Morgan fingerprint density at radius 1 is 1.07 bits per heavy atom. The van der Waals surface area contributed by atoms with E-state index in [1.54, 1.807) is 0 Å². The highest BCUT2D eigenvalue weighted by Gasteiger charge is 2.29. The predicted octanol–water partition coefficient (Wildman–Crippen LogP) is 4.13. The Balaban J connectivity index is 2.28. The maximum atomic E-state index is 3.73. The Bertz CT molecular complexity index is 157. The lowest BCUT2D eigenvalue weighted by Crippen LogP contribution is -2.34. The smallest absolute Gasteiger partial charge is 0.00684 e. The molecule has 1 saturated carbocycles. The molecule has 1 N–H and O–H groups in total. The average Bonchev–Trinajstić information content (AvgIpc) is 3.08. The Morgan fingerprint density at radius 2 is 1.73 bits per heavy atom. The Hall–Kier alpha value is -0.0400. The van der Waals surface area contributed by atoms with E-state index in [2.05, 4.69) is 26.1 Å². The van der Waals surface area contributed by atoms with E-state index in [-0.39, 0.29) is 0 Å². The molecule has 0 aromatic heterocycles. The highest BCUT2D eigenvalue weighted by Crippen LogP contribution is 2.33. The van der Waals surface area contributed by atoms with Crippen LogP contribution in [0.5, 0.6) is 0 Å². The third kappa shape index (κ3) is 4.55. The molecule has 1 fully saturated rings. The minimum atomic E-state index is 0.595. The largest absolute Gasteiger partial charge is 0.313 e. The summed E-state index contributed by atoms with van der Waals surface area (Å²) in [4.78, 5) is 0. The first-order valence-corrected chi connectivity index (χ1v) is 6.99. The van der Waals surface area contributed by atoms with Gasteiger partial charge in [0.15, 0.2) is 0 Å². The lowest BCUT2D eigenvalue weighted by atomic mass is 9.77. The molecule has 0 bridgehead atoms. The summed E-state index contributed by atoms with van der Waals surface area (Å²) < 4.78 is 0. The first-order chi connectivity index (χ1) is 7.26. The average molecular weight is 211 g/mol. The molecule has 0 atom stereocenters. The summed E-state index contributed by atoms with van der Waals surface area (Å²) in [5.41, 5.74) is 0.595. The van der Waals surface area contributed by atoms with Gasteiger partial charge >= 0.3 is 0 Å². The zero-order valence-corrected chi connectivity index (χ0v) is 10.9. The number of unbranched alkanes of at least 4 members (excludes halogenated alkanes) is 2. The van der Waals surface area contributed by atoms with Crippen molar-refractivity contribution in [1.82, 2.24) is 5.32 Å². The molecule has 0 aromatic rings. The van der Waals surface area contributed by atoms with Crippen LogP contribution in [0.2, 0.25) is 0 Å². The lowest BCUT2D eigenvalue weighted by molar-refractivity contribution is 0.219. The molecular formula is C14H29N. The summed E-state index contributed by atoms with van der Waals surface area (Å²) in [5, 5.41) is 3.73. The quantitative estimate of drug-likeness (QED) is 0.566. The van der Waals surface area contributed by atoms with Crippen LogP contribution in [0.4, 0.5) is 0 Å². The Kier molecular flexibility index (Phi) is 5.66. The minimum absolute atomic E-state index is 0.595. The number of rotatable bonds is 9. The second-order valence-electron chi connectivity index (χ2n) is 5.32. The molecule has 0 radical (unpaired) electrons. The third-order valence-corrected chi connectivity index (χ3v) is 4.15. The molecule has 0 heterocycles. The first-order valence-electron chi connectivity index (χ1n) is 6.99. The van der Waals surface area contributed by atoms with Crippen LogP contribution in [-0.2, 0) is 0 Å². The minimum Gasteiger partial charge on any atom is -0.313 e. The van der Waals surface area contributed by atoms with Gasteiger partial charge in [-0.05, 0) is 37.5 Å². The molecule has 0 saturated heterocycles. The van der Waals surface area contributed by atoms with Gasteiger partial charge in [0.1, 0.15) is 0 Å². The van der Waals surface area contributed by atoms with Gasteiger partial charge in [0.25, 0.3) is 0 Å². The number of nitrogens with one attached hydrogen (secondary N) is 1. The van der Waals surface area contributed by atoms with Crippen molar-refractivity contribution >= 4 is 0 Å². The van der Waals surface area contributed by atoms with E-state index in [0.29, 0.717) is 5.41 Å². The SMILES string of the molecule is CCCCCC(CC)(CC)CNC1CC1. The van der Waals surface area contributed by atoms with Crippen LogP contribution in [0.3, 0.4) is 0 Å². The Morgan fingerprint density at radius 3 is 2.20 bits per heavy atom. The summed E-state index contributed by atoms with van der Waals surface area (Å²) in [6.07, 6.45) is 11.1. The predicted molar refractivity (Wildman–Crippen MR) is 68.2 cm³/mol. The monoisotopic (exact) mass is 211 g/mol. The van der Waals surface area contributed by atoms with E-state index < -0.39 is 0 Å². The van der Waals surface area contributed by atoms with Crippen LogP contribution in [0.1, 0.15) is 72.1 Å². The van der Waals surface area contributed by atoms with Crippen LogP contribution >= 0.6 is 0 Å². The van der Waals surface area contributed by atoms with Crippen LogP contribution in [0.15, 0.2) is 0 Å². The van der Waals surface area contributed by atoms with Crippen molar-refractivity contribution in [2.24, 2.45) is 5.41 Å². The highest BCUT2D eigenvalue weighted by molar-refractivity contribution is 4.86. The van der Waals surface area contributed by atoms with E-state index in [9.17, 15) is 0 Å². The van der Waals surface area contributed by atoms with Crippen molar-refractivity contribution < 1.29 is 0 Å². The van der Waals surface area contributed by atoms with Crippen LogP contribution in [-0.4, -0.2) is 12.6 Å². The topological polar surface area (TPSA) is 12.0 Å². The third-order valence-electron chi connectivity index (χ3n) is 4.15. The van der Waals surface area contributed by atoms with Gasteiger partial charge in [0.2, 0.25) is 0 Å².